The Morgan fingerprint density at radius 1 is 1.33 bits per heavy atom. The van der Waals surface area contributed by atoms with E-state index < -0.39 is 0 Å². The summed E-state index contributed by atoms with van der Waals surface area (Å²) in [4.78, 5) is 2.70. The molecule has 2 aliphatic rings. The summed E-state index contributed by atoms with van der Waals surface area (Å²) in [6.45, 7) is 11.3. The molecule has 3 unspecified atom stereocenters. The molecule has 0 aromatic carbocycles. The average Bonchev–Trinajstić information content (AvgIpc) is 2.34. The highest BCUT2D eigenvalue weighted by Gasteiger charge is 2.35. The van der Waals surface area contributed by atoms with E-state index in [1.54, 1.807) is 0 Å². The maximum Gasteiger partial charge on any atom is 0.0647 e. The minimum atomic E-state index is 0.285. The summed E-state index contributed by atoms with van der Waals surface area (Å²) in [5.74, 6) is 0. The molecule has 2 aliphatic heterocycles. The number of hydrogen-bond acceptors (Lipinski definition) is 3. The van der Waals surface area contributed by atoms with Crippen molar-refractivity contribution in [3.05, 3.63) is 0 Å². The predicted octanol–water partition coefficient (Wildman–Crippen LogP) is 2.41. The van der Waals surface area contributed by atoms with E-state index in [0.717, 1.165) is 13.2 Å². The fourth-order valence-electron chi connectivity index (χ4n) is 3.37. The van der Waals surface area contributed by atoms with E-state index in [1.807, 2.05) is 0 Å². The molecule has 0 radical (unpaired) electrons. The first-order valence-corrected chi connectivity index (χ1v) is 7.73. The molecule has 3 nitrogen and oxygen atoms in total. The highest BCUT2D eigenvalue weighted by atomic mass is 16.5. The summed E-state index contributed by atoms with van der Waals surface area (Å²) in [6.07, 6.45) is 6.29. The van der Waals surface area contributed by atoms with Gasteiger partial charge >= 0.3 is 0 Å². The molecule has 0 amide bonds. The Balaban J connectivity index is 1.98. The van der Waals surface area contributed by atoms with Crippen LogP contribution in [0.4, 0.5) is 0 Å². The topological polar surface area (TPSA) is 24.5 Å². The van der Waals surface area contributed by atoms with E-state index in [2.05, 4.69) is 31.0 Å². The molecule has 18 heavy (non-hydrogen) atoms. The molecule has 0 aliphatic carbocycles. The van der Waals surface area contributed by atoms with Crippen LogP contribution in [0, 0.1) is 0 Å². The summed E-state index contributed by atoms with van der Waals surface area (Å²) in [5.41, 5.74) is 0.285. The summed E-state index contributed by atoms with van der Waals surface area (Å²) in [6, 6.07) is 1.33. The number of nitrogens with zero attached hydrogens (tertiary/aromatic N) is 1. The smallest absolute Gasteiger partial charge is 0.0647 e. The normalized spacial score (nSPS) is 40.2. The molecule has 2 saturated heterocycles. The summed E-state index contributed by atoms with van der Waals surface area (Å²) >= 11 is 0. The van der Waals surface area contributed by atoms with E-state index >= 15 is 0 Å². The van der Waals surface area contributed by atoms with Gasteiger partial charge in [0.1, 0.15) is 0 Å². The predicted molar refractivity (Wildman–Crippen MR) is 75.9 cm³/mol. The molecule has 1 N–H and O–H groups in total. The van der Waals surface area contributed by atoms with Crippen LogP contribution in [-0.2, 0) is 4.74 Å². The molecule has 0 bridgehead atoms. The maximum absolute atomic E-state index is 5.73. The van der Waals surface area contributed by atoms with E-state index in [-0.39, 0.29) is 5.54 Å². The Hall–Kier alpha value is -0.120. The average molecular weight is 254 g/mol. The third kappa shape index (κ3) is 3.46. The number of hydrogen-bond donors (Lipinski definition) is 1. The van der Waals surface area contributed by atoms with E-state index in [0.29, 0.717) is 12.1 Å². The van der Waals surface area contributed by atoms with Gasteiger partial charge in [0.05, 0.1) is 6.61 Å². The largest absolute Gasteiger partial charge is 0.380 e. The van der Waals surface area contributed by atoms with Crippen molar-refractivity contribution in [1.29, 1.82) is 0 Å². The molecule has 2 heterocycles. The van der Waals surface area contributed by atoms with Crippen LogP contribution in [0.15, 0.2) is 0 Å². The van der Waals surface area contributed by atoms with Crippen LogP contribution in [-0.4, -0.2) is 48.8 Å². The van der Waals surface area contributed by atoms with Crippen molar-refractivity contribution in [2.45, 2.75) is 70.5 Å². The summed E-state index contributed by atoms with van der Waals surface area (Å²) in [7, 11) is 0. The molecule has 0 aromatic rings. The Bertz CT molecular complexity index is 251. The van der Waals surface area contributed by atoms with Gasteiger partial charge in [-0.15, -0.1) is 0 Å². The number of ether oxygens (including phenoxy) is 1. The van der Waals surface area contributed by atoms with Gasteiger partial charge in [-0.2, -0.15) is 0 Å². The van der Waals surface area contributed by atoms with Crippen LogP contribution < -0.4 is 5.32 Å². The van der Waals surface area contributed by atoms with Crippen LogP contribution >= 0.6 is 0 Å². The van der Waals surface area contributed by atoms with E-state index in [4.69, 9.17) is 4.74 Å². The lowest BCUT2D eigenvalue weighted by molar-refractivity contribution is -0.0445. The Morgan fingerprint density at radius 3 is 2.78 bits per heavy atom. The van der Waals surface area contributed by atoms with Crippen LogP contribution in [0.25, 0.3) is 0 Å². The Labute approximate surface area is 112 Å². The third-order valence-corrected chi connectivity index (χ3v) is 4.77. The fraction of sp³-hybridized carbons (Fsp3) is 1.00. The molecular weight excluding hydrogens is 224 g/mol. The van der Waals surface area contributed by atoms with Crippen LogP contribution in [0.5, 0.6) is 0 Å². The first-order valence-electron chi connectivity index (χ1n) is 7.73. The zero-order chi connectivity index (χ0) is 13.0. The van der Waals surface area contributed by atoms with Crippen LogP contribution in [0.2, 0.25) is 0 Å². The van der Waals surface area contributed by atoms with Crippen molar-refractivity contribution in [3.8, 4) is 0 Å². The maximum atomic E-state index is 5.73. The minimum Gasteiger partial charge on any atom is -0.380 e. The van der Waals surface area contributed by atoms with E-state index in [1.165, 1.54) is 45.2 Å². The Morgan fingerprint density at radius 2 is 2.11 bits per heavy atom. The zero-order valence-corrected chi connectivity index (χ0v) is 12.4. The Kier molecular flexibility index (Phi) is 5.05. The molecule has 2 rings (SSSR count). The minimum absolute atomic E-state index is 0.285. The van der Waals surface area contributed by atoms with Gasteiger partial charge in [0.25, 0.3) is 0 Å². The van der Waals surface area contributed by atoms with Crippen LogP contribution in [0.3, 0.4) is 0 Å². The fourth-order valence-corrected chi connectivity index (χ4v) is 3.37. The molecule has 3 atom stereocenters. The van der Waals surface area contributed by atoms with Crippen LogP contribution in [0.1, 0.15) is 52.9 Å². The van der Waals surface area contributed by atoms with Gasteiger partial charge in [0, 0.05) is 37.3 Å². The second-order valence-electron chi connectivity index (χ2n) is 6.39. The molecule has 0 aromatic heterocycles. The zero-order valence-electron chi connectivity index (χ0n) is 12.4. The number of rotatable bonds is 2. The standard InChI is InChI=1S/C15H30N2O/c1-4-14-7-10-17(9-6-13(2)16-14)15(3)8-5-11-18-12-15/h13-14,16H,4-12H2,1-3H3. The summed E-state index contributed by atoms with van der Waals surface area (Å²) in [5, 5.41) is 3.75. The van der Waals surface area contributed by atoms with Gasteiger partial charge in [0.15, 0.2) is 0 Å². The molecule has 2 fully saturated rings. The molecular formula is C15H30N2O. The van der Waals surface area contributed by atoms with Gasteiger partial charge in [-0.05, 0) is 46.0 Å². The highest BCUT2D eigenvalue weighted by molar-refractivity contribution is 4.90. The second kappa shape index (κ2) is 6.36. The van der Waals surface area contributed by atoms with Crippen molar-refractivity contribution in [3.63, 3.8) is 0 Å². The first kappa shape index (κ1) is 14.3. The monoisotopic (exact) mass is 254 g/mol. The van der Waals surface area contributed by atoms with Crippen molar-refractivity contribution in [2.75, 3.05) is 26.3 Å². The first-order chi connectivity index (χ1) is 8.64. The van der Waals surface area contributed by atoms with Gasteiger partial charge < -0.3 is 10.1 Å². The SMILES string of the molecule is CCC1CCN(C2(C)CCCOC2)CCC(C)N1. The highest BCUT2D eigenvalue weighted by Crippen LogP contribution is 2.27. The molecule has 0 spiro atoms. The van der Waals surface area contributed by atoms with Crippen molar-refractivity contribution in [1.82, 2.24) is 10.2 Å². The molecule has 0 saturated carbocycles. The third-order valence-electron chi connectivity index (χ3n) is 4.77. The van der Waals surface area contributed by atoms with Gasteiger partial charge in [0.2, 0.25) is 0 Å². The lowest BCUT2D eigenvalue weighted by atomic mass is 9.91. The van der Waals surface area contributed by atoms with Gasteiger partial charge in [-0.3, -0.25) is 4.90 Å². The van der Waals surface area contributed by atoms with Crippen molar-refractivity contribution >= 4 is 0 Å². The number of nitrogens with one attached hydrogen (secondary N) is 1. The molecule has 3 heteroatoms. The summed E-state index contributed by atoms with van der Waals surface area (Å²) < 4.78 is 5.73. The van der Waals surface area contributed by atoms with E-state index in [9.17, 15) is 0 Å². The van der Waals surface area contributed by atoms with Gasteiger partial charge in [-0.1, -0.05) is 6.92 Å². The van der Waals surface area contributed by atoms with Gasteiger partial charge in [-0.25, -0.2) is 0 Å². The lowest BCUT2D eigenvalue weighted by Gasteiger charge is -2.45. The lowest BCUT2D eigenvalue weighted by Crippen LogP contribution is -2.55. The quantitative estimate of drug-likeness (QED) is 0.819. The van der Waals surface area contributed by atoms with Crippen molar-refractivity contribution in [2.24, 2.45) is 0 Å². The second-order valence-corrected chi connectivity index (χ2v) is 6.39. The van der Waals surface area contributed by atoms with Crippen molar-refractivity contribution < 1.29 is 4.74 Å². The molecule has 106 valence electrons.